The normalized spacial score (nSPS) is 27.7. The van der Waals surface area contributed by atoms with E-state index < -0.39 is 53.5 Å². The summed E-state index contributed by atoms with van der Waals surface area (Å²) < 4.78 is 12.3. The quantitative estimate of drug-likeness (QED) is 0.127. The Hall–Kier alpha value is -3.02. The van der Waals surface area contributed by atoms with Crippen molar-refractivity contribution in [1.82, 2.24) is 15.1 Å². The zero-order valence-corrected chi connectivity index (χ0v) is 30.3. The summed E-state index contributed by atoms with van der Waals surface area (Å²) in [5.41, 5.74) is -0.532. The lowest BCUT2D eigenvalue weighted by atomic mass is 9.70. The van der Waals surface area contributed by atoms with Crippen LogP contribution >= 0.6 is 15.9 Å². The predicted octanol–water partition coefficient (Wildman–Crippen LogP) is 4.71. The molecule has 3 amide bonds. The third-order valence-electron chi connectivity index (χ3n) is 9.94. The summed E-state index contributed by atoms with van der Waals surface area (Å²) in [5.74, 6) is -3.17. The molecule has 0 aromatic heterocycles. The van der Waals surface area contributed by atoms with Crippen molar-refractivity contribution in [2.75, 3.05) is 19.8 Å². The van der Waals surface area contributed by atoms with Crippen molar-refractivity contribution in [2.24, 2.45) is 17.8 Å². The molecular weight excluding hydrogens is 678 g/mol. The monoisotopic (exact) mass is 729 g/mol. The highest BCUT2D eigenvalue weighted by molar-refractivity contribution is 9.09. The number of likely N-dealkylation sites (tertiary alicyclic amines) is 1. The fourth-order valence-electron chi connectivity index (χ4n) is 7.86. The van der Waals surface area contributed by atoms with Crippen LogP contribution in [0.1, 0.15) is 77.8 Å². The first-order chi connectivity index (χ1) is 22.9. The van der Waals surface area contributed by atoms with Gasteiger partial charge in [-0.1, -0.05) is 85.6 Å². The van der Waals surface area contributed by atoms with Crippen LogP contribution in [0.25, 0.3) is 0 Å². The van der Waals surface area contributed by atoms with Gasteiger partial charge in [-0.25, -0.2) is 0 Å². The number of rotatable bonds is 18. The number of nitrogens with one attached hydrogen (secondary N) is 1. The van der Waals surface area contributed by atoms with Crippen LogP contribution < -0.4 is 5.32 Å². The third-order valence-corrected chi connectivity index (χ3v) is 10.8. The van der Waals surface area contributed by atoms with Crippen molar-refractivity contribution in [2.45, 2.75) is 107 Å². The van der Waals surface area contributed by atoms with E-state index in [9.17, 15) is 24.3 Å². The van der Waals surface area contributed by atoms with Crippen LogP contribution in [0.2, 0.25) is 0 Å². The van der Waals surface area contributed by atoms with E-state index in [0.29, 0.717) is 25.8 Å². The SMILES string of the molecule is C=CCCC(=O)OC[C@@H](NC(=O)[C@H]1[C@@H]2O[C@@]3(CC2Br)[C@@H]1C(=O)N([C@@H](CO)CC(C)C)[C@@H]3C(=O)N(CC=C)C(C)CCC)c1ccccc1. The minimum absolute atomic E-state index is 0.0918. The van der Waals surface area contributed by atoms with Gasteiger partial charge in [-0.05, 0) is 44.1 Å². The molecule has 1 spiro atoms. The number of ether oxygens (including phenoxy) is 2. The Morgan fingerprint density at radius 2 is 1.92 bits per heavy atom. The average Bonchev–Trinajstić information content (AvgIpc) is 3.66. The van der Waals surface area contributed by atoms with Crippen LogP contribution in [-0.2, 0) is 28.7 Å². The first kappa shape index (κ1) is 37.8. The standard InChI is InChI=1S/C37H52BrN3O7/c1-7-10-17-29(43)47-22-28(25-15-12-11-13-16-25)39-34(44)30-31-35(45)41(26(21-42)19-23(4)5)33(37(31)20-27(38)32(30)48-37)36(46)40(18-9-3)24(6)14-8-2/h7,9,11-13,15-16,23-24,26-28,30-33,42H,1,3,8,10,14,17-22H2,2,4-6H3,(H,39,44)/t24?,26-,27?,28-,30-,31+,32-,33-,37+/m1/s1. The number of hydrogen-bond acceptors (Lipinski definition) is 7. The fraction of sp³-hybridized carbons (Fsp3) is 0.622. The number of fused-ring (bicyclic) bond motifs is 1. The van der Waals surface area contributed by atoms with Crippen LogP contribution in [0.15, 0.2) is 55.6 Å². The van der Waals surface area contributed by atoms with E-state index >= 15 is 0 Å². The number of aliphatic hydroxyl groups excluding tert-OH is 1. The van der Waals surface area contributed by atoms with Gasteiger partial charge in [0.1, 0.15) is 18.2 Å². The number of benzene rings is 1. The highest BCUT2D eigenvalue weighted by atomic mass is 79.9. The molecule has 9 atom stereocenters. The maximum Gasteiger partial charge on any atom is 0.306 e. The molecule has 3 heterocycles. The lowest BCUT2D eigenvalue weighted by Gasteiger charge is -2.41. The zero-order valence-electron chi connectivity index (χ0n) is 28.7. The third kappa shape index (κ3) is 7.58. The van der Waals surface area contributed by atoms with Crippen LogP contribution in [0.4, 0.5) is 0 Å². The highest BCUT2D eigenvalue weighted by Crippen LogP contribution is 2.60. The largest absolute Gasteiger partial charge is 0.463 e. The molecule has 4 rings (SSSR count). The van der Waals surface area contributed by atoms with Gasteiger partial charge in [0.05, 0.1) is 36.6 Å². The summed E-state index contributed by atoms with van der Waals surface area (Å²) in [5, 5.41) is 13.7. The van der Waals surface area contributed by atoms with E-state index in [2.05, 4.69) is 41.3 Å². The summed E-state index contributed by atoms with van der Waals surface area (Å²) in [6.07, 6.45) is 5.78. The number of allylic oxidation sites excluding steroid dienone is 1. The number of esters is 1. The highest BCUT2D eigenvalue weighted by Gasteiger charge is 2.77. The molecule has 3 aliphatic heterocycles. The average molecular weight is 731 g/mol. The number of aliphatic hydroxyl groups is 1. The molecule has 1 aromatic carbocycles. The molecule has 0 saturated carbocycles. The predicted molar refractivity (Wildman–Crippen MR) is 187 cm³/mol. The Morgan fingerprint density at radius 1 is 1.21 bits per heavy atom. The Balaban J connectivity index is 1.73. The van der Waals surface area contributed by atoms with Gasteiger partial charge >= 0.3 is 5.97 Å². The second kappa shape index (κ2) is 16.6. The first-order valence-electron chi connectivity index (χ1n) is 17.2. The summed E-state index contributed by atoms with van der Waals surface area (Å²) in [6, 6.07) is 6.76. The fourth-order valence-corrected chi connectivity index (χ4v) is 8.80. The molecule has 2 N–H and O–H groups in total. The second-order valence-electron chi connectivity index (χ2n) is 13.8. The van der Waals surface area contributed by atoms with Gasteiger partial charge in [0.15, 0.2) is 0 Å². The van der Waals surface area contributed by atoms with Crippen molar-refractivity contribution in [3.05, 3.63) is 61.2 Å². The number of alkyl halides is 1. The summed E-state index contributed by atoms with van der Waals surface area (Å²) in [6.45, 7) is 15.5. The molecule has 2 bridgehead atoms. The molecular formula is C37H52BrN3O7. The minimum Gasteiger partial charge on any atom is -0.463 e. The number of hydrogen-bond donors (Lipinski definition) is 2. The Kier molecular flexibility index (Phi) is 13.1. The van der Waals surface area contributed by atoms with E-state index in [1.165, 1.54) is 0 Å². The number of amides is 3. The van der Waals surface area contributed by atoms with Gasteiger partial charge < -0.3 is 29.7 Å². The number of halogens is 1. The minimum atomic E-state index is -1.27. The molecule has 10 nitrogen and oxygen atoms in total. The molecule has 3 fully saturated rings. The maximum atomic E-state index is 14.8. The Labute approximate surface area is 293 Å². The van der Waals surface area contributed by atoms with Crippen molar-refractivity contribution >= 4 is 39.6 Å². The maximum absolute atomic E-state index is 14.8. The van der Waals surface area contributed by atoms with Crippen molar-refractivity contribution < 1.29 is 33.8 Å². The molecule has 3 aliphatic rings. The molecule has 1 aromatic rings. The van der Waals surface area contributed by atoms with Crippen LogP contribution in [0.3, 0.4) is 0 Å². The first-order valence-corrected chi connectivity index (χ1v) is 18.1. The van der Waals surface area contributed by atoms with E-state index in [1.807, 2.05) is 51.1 Å². The van der Waals surface area contributed by atoms with E-state index in [0.717, 1.165) is 18.4 Å². The summed E-state index contributed by atoms with van der Waals surface area (Å²) in [4.78, 5) is 59.3. The van der Waals surface area contributed by atoms with Gasteiger partial charge in [0.2, 0.25) is 17.7 Å². The van der Waals surface area contributed by atoms with E-state index in [4.69, 9.17) is 9.47 Å². The summed E-state index contributed by atoms with van der Waals surface area (Å²) in [7, 11) is 0. The number of nitrogens with zero attached hydrogens (tertiary/aromatic N) is 2. The van der Waals surface area contributed by atoms with Gasteiger partial charge in [-0.15, -0.1) is 13.2 Å². The van der Waals surface area contributed by atoms with Crippen LogP contribution in [0.5, 0.6) is 0 Å². The van der Waals surface area contributed by atoms with Crippen molar-refractivity contribution in [3.63, 3.8) is 0 Å². The second-order valence-corrected chi connectivity index (χ2v) is 15.0. The van der Waals surface area contributed by atoms with Gasteiger partial charge in [0, 0.05) is 23.8 Å². The molecule has 2 unspecified atom stereocenters. The zero-order chi connectivity index (χ0) is 35.2. The lowest BCUT2D eigenvalue weighted by molar-refractivity contribution is -0.153. The molecule has 11 heteroatoms. The molecule has 264 valence electrons. The lowest BCUT2D eigenvalue weighted by Crippen LogP contribution is -2.60. The molecule has 0 radical (unpaired) electrons. The topological polar surface area (TPSA) is 125 Å². The van der Waals surface area contributed by atoms with Gasteiger partial charge in [-0.2, -0.15) is 0 Å². The number of carbonyl (C=O) groups excluding carboxylic acids is 4. The van der Waals surface area contributed by atoms with Gasteiger partial charge in [0.25, 0.3) is 0 Å². The van der Waals surface area contributed by atoms with E-state index in [-0.39, 0.29) is 48.2 Å². The van der Waals surface area contributed by atoms with Crippen LogP contribution in [-0.4, -0.2) is 93.0 Å². The van der Waals surface area contributed by atoms with Crippen LogP contribution in [0, 0.1) is 17.8 Å². The van der Waals surface area contributed by atoms with Gasteiger partial charge in [-0.3, -0.25) is 19.2 Å². The number of carbonyl (C=O) groups is 4. The molecule has 3 saturated heterocycles. The van der Waals surface area contributed by atoms with Crippen molar-refractivity contribution in [1.29, 1.82) is 0 Å². The summed E-state index contributed by atoms with van der Waals surface area (Å²) >= 11 is 3.75. The Morgan fingerprint density at radius 3 is 2.52 bits per heavy atom. The molecule has 48 heavy (non-hydrogen) atoms. The van der Waals surface area contributed by atoms with Crippen molar-refractivity contribution in [3.8, 4) is 0 Å². The Bertz CT molecular complexity index is 1330. The smallest absolute Gasteiger partial charge is 0.306 e. The molecule has 0 aliphatic carbocycles. The van der Waals surface area contributed by atoms with E-state index in [1.54, 1.807) is 22.0 Å².